The van der Waals surface area contributed by atoms with E-state index < -0.39 is 23.7 Å². The normalized spacial score (nSPS) is 29.1. The Balaban J connectivity index is 0.712. The number of rotatable bonds is 16. The molecule has 70 heavy (non-hydrogen) atoms. The summed E-state index contributed by atoms with van der Waals surface area (Å²) in [5.74, 6) is -2.90. The molecule has 5 aromatic carbocycles. The van der Waals surface area contributed by atoms with Crippen molar-refractivity contribution < 1.29 is 28.8 Å². The van der Waals surface area contributed by atoms with Gasteiger partial charge in [0.15, 0.2) is 0 Å². The van der Waals surface area contributed by atoms with Gasteiger partial charge in [0.25, 0.3) is 0 Å². The Bertz CT molecular complexity index is 2400. The molecule has 2 heterocycles. The third kappa shape index (κ3) is 10.1. The van der Waals surface area contributed by atoms with Gasteiger partial charge < -0.3 is 31.1 Å². The third-order valence-electron chi connectivity index (χ3n) is 15.8. The molecule has 2 aliphatic heterocycles. The van der Waals surface area contributed by atoms with Crippen LogP contribution in [-0.4, -0.2) is 95.6 Å². The smallest absolute Gasteiger partial charge is 0.227 e. The predicted octanol–water partition coefficient (Wildman–Crippen LogP) is 5.61. The lowest BCUT2D eigenvalue weighted by Gasteiger charge is -2.18. The second-order valence-electron chi connectivity index (χ2n) is 20.7. The van der Waals surface area contributed by atoms with Crippen LogP contribution in [0.4, 0.5) is 0 Å². The van der Waals surface area contributed by atoms with Crippen LogP contribution in [-0.2, 0) is 41.6 Å². The Morgan fingerprint density at radius 1 is 0.343 bits per heavy atom. The summed E-state index contributed by atoms with van der Waals surface area (Å²) in [4.78, 5) is 87.0. The van der Waals surface area contributed by atoms with E-state index in [1.807, 2.05) is 97.1 Å². The molecule has 12 atom stereocenters. The SMILES string of the molecule is O=C(N[C@H]1C[C@@H]1c1ccccc1)[C@@H]1CN(C(=O)Cc2ccc(CC(=O)N3C[C@@H](C(=O)N[C@H]4C[C@@H]4c4ccccc4)[C@H](C(=O)N[C@H]4C[C@@H]4c4ccccc4)C3)cc2)C[C@H]1C(=O)N[C@H]1C[C@@H]1c1ccccc1. The monoisotopic (exact) mass is 936 g/mol. The van der Waals surface area contributed by atoms with Crippen LogP contribution in [0.25, 0.3) is 0 Å². The summed E-state index contributed by atoms with van der Waals surface area (Å²) in [6.07, 6.45) is 3.50. The van der Waals surface area contributed by atoms with Gasteiger partial charge in [0.2, 0.25) is 35.4 Å². The molecule has 0 spiro atoms. The van der Waals surface area contributed by atoms with Gasteiger partial charge in [-0.1, -0.05) is 146 Å². The highest BCUT2D eigenvalue weighted by atomic mass is 16.2. The van der Waals surface area contributed by atoms with E-state index in [1.54, 1.807) is 9.80 Å². The minimum Gasteiger partial charge on any atom is -0.352 e. The summed E-state index contributed by atoms with van der Waals surface area (Å²) >= 11 is 0. The summed E-state index contributed by atoms with van der Waals surface area (Å²) in [6.45, 7) is 0.616. The van der Waals surface area contributed by atoms with Gasteiger partial charge >= 0.3 is 0 Å². The van der Waals surface area contributed by atoms with Crippen LogP contribution in [0, 0.1) is 23.7 Å². The minimum absolute atomic E-state index is 0.00629. The van der Waals surface area contributed by atoms with E-state index in [9.17, 15) is 28.8 Å². The van der Waals surface area contributed by atoms with Crippen molar-refractivity contribution in [1.82, 2.24) is 31.1 Å². The van der Waals surface area contributed by atoms with Crippen molar-refractivity contribution in [3.8, 4) is 0 Å². The van der Waals surface area contributed by atoms with Gasteiger partial charge in [-0.2, -0.15) is 0 Å². The molecular weight excluding hydrogens is 877 g/mol. The number of amides is 6. The van der Waals surface area contributed by atoms with Crippen LogP contribution < -0.4 is 21.3 Å². The number of hydrogen-bond acceptors (Lipinski definition) is 6. The molecule has 0 radical (unpaired) electrons. The molecule has 4 aliphatic carbocycles. The highest BCUT2D eigenvalue weighted by Crippen LogP contribution is 2.44. The van der Waals surface area contributed by atoms with Crippen molar-refractivity contribution in [3.63, 3.8) is 0 Å². The van der Waals surface area contributed by atoms with E-state index in [2.05, 4.69) is 69.8 Å². The van der Waals surface area contributed by atoms with Crippen molar-refractivity contribution in [3.05, 3.63) is 179 Å². The fourth-order valence-electron chi connectivity index (χ4n) is 11.3. The van der Waals surface area contributed by atoms with E-state index in [-0.39, 0.29) is 122 Å². The van der Waals surface area contributed by atoms with Crippen LogP contribution in [0.3, 0.4) is 0 Å². The first-order valence-corrected chi connectivity index (χ1v) is 25.2. The van der Waals surface area contributed by atoms with Gasteiger partial charge in [-0.3, -0.25) is 28.8 Å². The van der Waals surface area contributed by atoms with Crippen LogP contribution in [0.2, 0.25) is 0 Å². The molecule has 0 aromatic heterocycles. The number of nitrogens with one attached hydrogen (secondary N) is 4. The maximum absolute atomic E-state index is 14.0. The number of likely N-dealkylation sites (tertiary alicyclic amines) is 2. The maximum Gasteiger partial charge on any atom is 0.227 e. The van der Waals surface area contributed by atoms with Gasteiger partial charge in [0, 0.05) is 74.0 Å². The van der Waals surface area contributed by atoms with E-state index in [4.69, 9.17) is 0 Å². The van der Waals surface area contributed by atoms with Crippen molar-refractivity contribution >= 4 is 35.4 Å². The highest BCUT2D eigenvalue weighted by molar-refractivity contribution is 5.92. The summed E-state index contributed by atoms with van der Waals surface area (Å²) in [7, 11) is 0. The average Bonchev–Trinajstić information content (AvgIpc) is 4.32. The molecule has 4 saturated carbocycles. The number of benzene rings is 5. The largest absolute Gasteiger partial charge is 0.352 e. The van der Waals surface area contributed by atoms with Gasteiger partial charge in [-0.05, 0) is 59.1 Å². The van der Waals surface area contributed by atoms with Crippen molar-refractivity contribution in [2.24, 2.45) is 23.7 Å². The minimum atomic E-state index is -0.676. The van der Waals surface area contributed by atoms with Gasteiger partial charge in [0.1, 0.15) is 0 Å². The fraction of sp³-hybridized carbons (Fsp3) is 0.379. The zero-order valence-corrected chi connectivity index (χ0v) is 39.2. The lowest BCUT2D eigenvalue weighted by molar-refractivity contribution is -0.133. The molecule has 0 unspecified atom stereocenters. The van der Waals surface area contributed by atoms with E-state index in [0.29, 0.717) is 0 Å². The molecule has 2 saturated heterocycles. The predicted molar refractivity (Wildman–Crippen MR) is 264 cm³/mol. The van der Waals surface area contributed by atoms with Gasteiger partial charge in [-0.15, -0.1) is 0 Å². The number of nitrogens with zero attached hydrogens (tertiary/aromatic N) is 2. The van der Waals surface area contributed by atoms with E-state index >= 15 is 0 Å². The van der Waals surface area contributed by atoms with Crippen LogP contribution in [0.5, 0.6) is 0 Å². The van der Waals surface area contributed by atoms with Crippen molar-refractivity contribution in [1.29, 1.82) is 0 Å². The molecule has 11 rings (SSSR count). The standard InChI is InChI=1S/C58H60N6O6/c65-53(63-31-45(55(67)59-49-27-41(49)37-13-5-1-6-14-37)46(32-63)56(68)60-50-28-42(50)38-15-7-2-8-16-38)25-35-21-23-36(24-22-35)26-54(66)64-33-47(57(69)61-51-29-43(51)39-17-9-3-10-18-39)48(34-64)58(70)62-52-30-44(52)40-19-11-4-12-20-40/h1-24,41-52H,25-34H2,(H,59,67)(H,60,68)(H,61,69)(H,62,70)/t41-,42-,43-,44-,45-,46-,47-,48-,49+,50+,51+,52+/m1/s1. The Morgan fingerprint density at radius 2 is 0.571 bits per heavy atom. The lowest BCUT2D eigenvalue weighted by Crippen LogP contribution is -2.43. The van der Waals surface area contributed by atoms with Gasteiger partial charge in [-0.25, -0.2) is 0 Å². The maximum atomic E-state index is 14.0. The summed E-state index contributed by atoms with van der Waals surface area (Å²) in [6, 6.07) is 47.8. The quantitative estimate of drug-likeness (QED) is 0.101. The second kappa shape index (κ2) is 19.4. The zero-order valence-electron chi connectivity index (χ0n) is 39.2. The number of hydrogen-bond donors (Lipinski definition) is 4. The molecule has 6 amide bonds. The first-order valence-electron chi connectivity index (χ1n) is 25.2. The molecular formula is C58H60N6O6. The third-order valence-corrected chi connectivity index (χ3v) is 15.8. The Hall–Kier alpha value is -7.08. The molecule has 358 valence electrons. The van der Waals surface area contributed by atoms with Gasteiger partial charge in [0.05, 0.1) is 36.5 Å². The molecule has 12 nitrogen and oxygen atoms in total. The number of carbonyl (C=O) groups is 6. The topological polar surface area (TPSA) is 157 Å². The molecule has 6 fully saturated rings. The molecule has 6 aliphatic rings. The van der Waals surface area contributed by atoms with Crippen LogP contribution >= 0.6 is 0 Å². The van der Waals surface area contributed by atoms with E-state index in [1.165, 1.54) is 22.3 Å². The first-order chi connectivity index (χ1) is 34.1. The van der Waals surface area contributed by atoms with Crippen molar-refractivity contribution in [2.75, 3.05) is 26.2 Å². The molecule has 0 bridgehead atoms. The second-order valence-corrected chi connectivity index (χ2v) is 20.7. The molecule has 5 aromatic rings. The summed E-state index contributed by atoms with van der Waals surface area (Å²) in [5, 5.41) is 12.8. The summed E-state index contributed by atoms with van der Waals surface area (Å²) in [5.41, 5.74) is 6.21. The fourth-order valence-corrected chi connectivity index (χ4v) is 11.3. The van der Waals surface area contributed by atoms with Crippen LogP contribution in [0.15, 0.2) is 146 Å². The van der Waals surface area contributed by atoms with Crippen LogP contribution in [0.1, 0.15) is 82.7 Å². The lowest BCUT2D eigenvalue weighted by atomic mass is 9.94. The average molecular weight is 937 g/mol. The Morgan fingerprint density at radius 3 is 0.800 bits per heavy atom. The zero-order chi connectivity index (χ0) is 47.9. The highest BCUT2D eigenvalue weighted by Gasteiger charge is 2.51. The van der Waals surface area contributed by atoms with E-state index in [0.717, 1.165) is 36.8 Å². The molecule has 12 heteroatoms. The Kier molecular flexibility index (Phi) is 12.6. The summed E-state index contributed by atoms with van der Waals surface area (Å²) < 4.78 is 0. The number of carbonyl (C=O) groups excluding carboxylic acids is 6. The Labute approximate surface area is 409 Å². The molecule has 4 N–H and O–H groups in total. The van der Waals surface area contributed by atoms with Crippen molar-refractivity contribution in [2.45, 2.75) is 86.4 Å². The first kappa shape index (κ1) is 45.4.